The van der Waals surface area contributed by atoms with E-state index in [1.54, 1.807) is 7.05 Å². The summed E-state index contributed by atoms with van der Waals surface area (Å²) in [7, 11) is 1.54. The van der Waals surface area contributed by atoms with Crippen molar-refractivity contribution >= 4 is 11.9 Å². The summed E-state index contributed by atoms with van der Waals surface area (Å²) >= 11 is 0. The molecule has 2 heterocycles. The van der Waals surface area contributed by atoms with Crippen molar-refractivity contribution < 1.29 is 14.3 Å². The van der Waals surface area contributed by atoms with E-state index in [1.165, 1.54) is 0 Å². The summed E-state index contributed by atoms with van der Waals surface area (Å²) in [5.74, 6) is 0.00435. The second-order valence-electron chi connectivity index (χ2n) is 5.28. The van der Waals surface area contributed by atoms with E-state index in [9.17, 15) is 9.59 Å². The Labute approximate surface area is 129 Å². The number of amides is 3. The van der Waals surface area contributed by atoms with Gasteiger partial charge in [-0.05, 0) is 13.8 Å². The summed E-state index contributed by atoms with van der Waals surface area (Å²) < 4.78 is 5.54. The zero-order valence-electron chi connectivity index (χ0n) is 13.2. The number of urea groups is 1. The van der Waals surface area contributed by atoms with Crippen molar-refractivity contribution in [3.63, 3.8) is 0 Å². The molecule has 0 aliphatic carbocycles. The number of ether oxygens (including phenoxy) is 1. The van der Waals surface area contributed by atoms with Gasteiger partial charge in [-0.2, -0.15) is 5.10 Å². The van der Waals surface area contributed by atoms with Crippen LogP contribution in [0, 0.1) is 13.8 Å². The zero-order valence-corrected chi connectivity index (χ0v) is 13.2. The van der Waals surface area contributed by atoms with Gasteiger partial charge in [-0.25, -0.2) is 4.79 Å². The van der Waals surface area contributed by atoms with Gasteiger partial charge in [-0.1, -0.05) is 0 Å². The van der Waals surface area contributed by atoms with E-state index < -0.39 is 0 Å². The molecular formula is C14H23N5O3. The first-order valence-electron chi connectivity index (χ1n) is 7.38. The normalized spacial score (nSPS) is 18.1. The summed E-state index contributed by atoms with van der Waals surface area (Å²) in [6.07, 6.45) is 0.264. The molecule has 0 saturated carbocycles. The fraction of sp³-hybridized carbons (Fsp3) is 0.643. The molecule has 1 fully saturated rings. The number of aromatic nitrogens is 2. The van der Waals surface area contributed by atoms with Crippen LogP contribution in [0.5, 0.6) is 0 Å². The van der Waals surface area contributed by atoms with Gasteiger partial charge in [0.2, 0.25) is 5.91 Å². The molecule has 1 aliphatic heterocycles. The first-order valence-corrected chi connectivity index (χ1v) is 7.38. The van der Waals surface area contributed by atoms with E-state index in [1.807, 2.05) is 18.7 Å². The van der Waals surface area contributed by atoms with Crippen molar-refractivity contribution in [1.82, 2.24) is 25.7 Å². The number of carbonyl (C=O) groups is 2. The second-order valence-corrected chi connectivity index (χ2v) is 5.28. The highest BCUT2D eigenvalue weighted by Crippen LogP contribution is 2.28. The predicted octanol–water partition coefficient (Wildman–Crippen LogP) is 0.246. The van der Waals surface area contributed by atoms with Crippen molar-refractivity contribution in [2.75, 3.05) is 33.4 Å². The molecule has 22 heavy (non-hydrogen) atoms. The second kappa shape index (κ2) is 7.26. The van der Waals surface area contributed by atoms with Crippen LogP contribution in [0.4, 0.5) is 4.79 Å². The van der Waals surface area contributed by atoms with Gasteiger partial charge in [0.05, 0.1) is 24.9 Å². The molecule has 1 aliphatic rings. The fourth-order valence-corrected chi connectivity index (χ4v) is 2.71. The molecule has 122 valence electrons. The number of hydrogen-bond donors (Lipinski definition) is 3. The van der Waals surface area contributed by atoms with Crippen LogP contribution in [-0.2, 0) is 9.53 Å². The Morgan fingerprint density at radius 1 is 1.45 bits per heavy atom. The van der Waals surface area contributed by atoms with Gasteiger partial charge < -0.3 is 20.3 Å². The number of nitrogens with one attached hydrogen (secondary N) is 3. The molecule has 0 aromatic carbocycles. The van der Waals surface area contributed by atoms with E-state index in [4.69, 9.17) is 4.74 Å². The van der Waals surface area contributed by atoms with Crippen molar-refractivity contribution in [2.24, 2.45) is 0 Å². The monoisotopic (exact) mass is 309 g/mol. The van der Waals surface area contributed by atoms with Crippen LogP contribution < -0.4 is 10.6 Å². The number of rotatable bonds is 4. The molecule has 1 saturated heterocycles. The molecule has 3 N–H and O–H groups in total. The van der Waals surface area contributed by atoms with Crippen molar-refractivity contribution in [1.29, 1.82) is 0 Å². The summed E-state index contributed by atoms with van der Waals surface area (Å²) in [4.78, 5) is 25.4. The molecule has 2 rings (SSSR count). The van der Waals surface area contributed by atoms with Crippen LogP contribution in [0.25, 0.3) is 0 Å². The minimum absolute atomic E-state index is 0.00435. The SMILES string of the molecule is CNC(=O)NCCC(=O)N1CCOCC1c1c(C)n[nH]c1C. The molecule has 0 bridgehead atoms. The third-order valence-electron chi connectivity index (χ3n) is 3.82. The lowest BCUT2D eigenvalue weighted by molar-refractivity contribution is -0.140. The van der Waals surface area contributed by atoms with Gasteiger partial charge in [0.1, 0.15) is 0 Å². The summed E-state index contributed by atoms with van der Waals surface area (Å²) in [6, 6.07) is -0.409. The highest BCUT2D eigenvalue weighted by molar-refractivity contribution is 5.78. The first-order chi connectivity index (χ1) is 10.5. The van der Waals surface area contributed by atoms with Crippen molar-refractivity contribution in [3.05, 3.63) is 17.0 Å². The Morgan fingerprint density at radius 2 is 2.23 bits per heavy atom. The maximum absolute atomic E-state index is 12.5. The minimum atomic E-state index is -0.284. The fourth-order valence-electron chi connectivity index (χ4n) is 2.71. The summed E-state index contributed by atoms with van der Waals surface area (Å²) in [6.45, 7) is 5.72. The van der Waals surface area contributed by atoms with Crippen molar-refractivity contribution in [2.45, 2.75) is 26.3 Å². The molecular weight excluding hydrogens is 286 g/mol. The van der Waals surface area contributed by atoms with Gasteiger partial charge in [0.25, 0.3) is 0 Å². The number of morpholine rings is 1. The number of aryl methyl sites for hydroxylation is 2. The van der Waals surface area contributed by atoms with E-state index >= 15 is 0 Å². The van der Waals surface area contributed by atoms with Crippen LogP contribution in [0.2, 0.25) is 0 Å². The highest BCUT2D eigenvalue weighted by atomic mass is 16.5. The van der Waals surface area contributed by atoms with Gasteiger partial charge in [0, 0.05) is 37.8 Å². The largest absolute Gasteiger partial charge is 0.377 e. The molecule has 1 atom stereocenters. The highest BCUT2D eigenvalue weighted by Gasteiger charge is 2.31. The molecule has 8 heteroatoms. The average Bonchev–Trinajstić information content (AvgIpc) is 2.85. The molecule has 1 unspecified atom stereocenters. The Balaban J connectivity index is 2.03. The van der Waals surface area contributed by atoms with Crippen LogP contribution in [0.1, 0.15) is 29.4 Å². The number of hydrogen-bond acceptors (Lipinski definition) is 4. The average molecular weight is 309 g/mol. The lowest BCUT2D eigenvalue weighted by atomic mass is 10.0. The van der Waals surface area contributed by atoms with Crippen LogP contribution >= 0.6 is 0 Å². The lowest BCUT2D eigenvalue weighted by Crippen LogP contribution is -2.45. The Morgan fingerprint density at radius 3 is 2.86 bits per heavy atom. The smallest absolute Gasteiger partial charge is 0.314 e. The minimum Gasteiger partial charge on any atom is -0.377 e. The molecule has 0 radical (unpaired) electrons. The molecule has 0 spiro atoms. The number of aromatic amines is 1. The van der Waals surface area contributed by atoms with Gasteiger partial charge in [-0.15, -0.1) is 0 Å². The summed E-state index contributed by atoms with van der Waals surface area (Å²) in [5, 5.41) is 12.2. The molecule has 1 aromatic heterocycles. The zero-order chi connectivity index (χ0) is 16.1. The summed E-state index contributed by atoms with van der Waals surface area (Å²) in [5.41, 5.74) is 2.86. The third kappa shape index (κ3) is 3.56. The van der Waals surface area contributed by atoms with Crippen molar-refractivity contribution in [3.8, 4) is 0 Å². The lowest BCUT2D eigenvalue weighted by Gasteiger charge is -2.36. The maximum atomic E-state index is 12.5. The van der Waals surface area contributed by atoms with E-state index in [-0.39, 0.29) is 24.4 Å². The van der Waals surface area contributed by atoms with Gasteiger partial charge in [0.15, 0.2) is 0 Å². The first kappa shape index (κ1) is 16.3. The molecule has 3 amide bonds. The third-order valence-corrected chi connectivity index (χ3v) is 3.82. The Kier molecular flexibility index (Phi) is 5.37. The Hall–Kier alpha value is -2.09. The van der Waals surface area contributed by atoms with Crippen LogP contribution in [-0.4, -0.2) is 60.4 Å². The number of nitrogens with zero attached hydrogens (tertiary/aromatic N) is 2. The van der Waals surface area contributed by atoms with E-state index in [2.05, 4.69) is 20.8 Å². The molecule has 8 nitrogen and oxygen atoms in total. The van der Waals surface area contributed by atoms with Gasteiger partial charge >= 0.3 is 6.03 Å². The van der Waals surface area contributed by atoms with Crippen LogP contribution in [0.15, 0.2) is 0 Å². The maximum Gasteiger partial charge on any atom is 0.314 e. The number of H-pyrrole nitrogens is 1. The quantitative estimate of drug-likeness (QED) is 0.742. The van der Waals surface area contributed by atoms with Gasteiger partial charge in [-0.3, -0.25) is 9.89 Å². The topological polar surface area (TPSA) is 99.3 Å². The Bertz CT molecular complexity index is 523. The molecule has 1 aromatic rings. The number of carbonyl (C=O) groups excluding carboxylic acids is 2. The van der Waals surface area contributed by atoms with E-state index in [0.29, 0.717) is 26.3 Å². The predicted molar refractivity (Wildman–Crippen MR) is 80.4 cm³/mol. The standard InChI is InChI=1S/C14H23N5O3/c1-9-13(10(2)18-17-9)11-8-22-7-6-19(11)12(20)4-5-16-14(21)15-3/h11H,4-8H2,1-3H3,(H,17,18)(H2,15,16,21). The van der Waals surface area contributed by atoms with Crippen LogP contribution in [0.3, 0.4) is 0 Å². The van der Waals surface area contributed by atoms with E-state index in [0.717, 1.165) is 17.0 Å².